The van der Waals surface area contributed by atoms with Crippen LogP contribution in [0.25, 0.3) is 0 Å². The minimum absolute atomic E-state index is 0.162. The molecule has 7 heteroatoms. The third-order valence-corrected chi connectivity index (χ3v) is 3.52. The third kappa shape index (κ3) is 4.30. The first-order chi connectivity index (χ1) is 9.99. The Morgan fingerprint density at radius 2 is 1.90 bits per heavy atom. The molecular weight excluding hydrogens is 292 g/mol. The van der Waals surface area contributed by atoms with E-state index in [2.05, 4.69) is 10.5 Å². The summed E-state index contributed by atoms with van der Waals surface area (Å²) in [7, 11) is -2.58. The fourth-order valence-corrected chi connectivity index (χ4v) is 2.08. The van der Waals surface area contributed by atoms with Crippen LogP contribution in [0.4, 0.5) is 5.69 Å². The number of benzene rings is 2. The van der Waals surface area contributed by atoms with Crippen LogP contribution in [0.1, 0.15) is 5.56 Å². The summed E-state index contributed by atoms with van der Waals surface area (Å²) >= 11 is 0. The monoisotopic (exact) mass is 306 g/mol. The molecule has 0 aliphatic carbocycles. The summed E-state index contributed by atoms with van der Waals surface area (Å²) in [5, 5.41) is 4.04. The predicted molar refractivity (Wildman–Crippen MR) is 80.5 cm³/mol. The second-order valence-corrected chi connectivity index (χ2v) is 5.57. The van der Waals surface area contributed by atoms with Crippen LogP contribution in [0, 0.1) is 0 Å². The normalized spacial score (nSPS) is 11.5. The molecule has 0 spiro atoms. The molecule has 0 unspecified atom stereocenters. The average Bonchev–Trinajstić information content (AvgIpc) is 2.47. The van der Waals surface area contributed by atoms with Crippen LogP contribution < -0.4 is 10.2 Å². The molecule has 0 saturated heterocycles. The lowest BCUT2D eigenvalue weighted by molar-refractivity contribution is 0.415. The minimum atomic E-state index is -4.17. The van der Waals surface area contributed by atoms with Gasteiger partial charge < -0.3 is 4.74 Å². The van der Waals surface area contributed by atoms with E-state index in [-0.39, 0.29) is 4.90 Å². The van der Waals surface area contributed by atoms with Crippen LogP contribution in [-0.4, -0.2) is 26.3 Å². The number of methoxy groups -OCH3 is 1. The van der Waals surface area contributed by atoms with E-state index in [9.17, 15) is 8.42 Å². The third-order valence-electron chi connectivity index (χ3n) is 2.65. The largest absolute Gasteiger partial charge is 0.497 e. The molecule has 0 aliphatic heterocycles. The number of hydrazone groups is 1. The Bertz CT molecular complexity index is 740. The van der Waals surface area contributed by atoms with Crippen LogP contribution in [-0.2, 0) is 10.1 Å². The molecule has 2 aromatic carbocycles. The fourth-order valence-electron chi connectivity index (χ4n) is 1.60. The number of nitrogens with zero attached hydrogens (tertiary/aromatic N) is 1. The van der Waals surface area contributed by atoms with Gasteiger partial charge >= 0.3 is 0 Å². The molecule has 2 aromatic rings. The van der Waals surface area contributed by atoms with E-state index in [0.29, 0.717) is 5.69 Å². The molecule has 6 nitrogen and oxygen atoms in total. The molecule has 2 rings (SSSR count). The topological polar surface area (TPSA) is 88.0 Å². The molecule has 2 N–H and O–H groups in total. The van der Waals surface area contributed by atoms with Crippen molar-refractivity contribution in [1.82, 2.24) is 0 Å². The van der Waals surface area contributed by atoms with Crippen LogP contribution in [0.15, 0.2) is 58.5 Å². The summed E-state index contributed by atoms with van der Waals surface area (Å²) in [5.74, 6) is 0.733. The first-order valence-corrected chi connectivity index (χ1v) is 7.44. The van der Waals surface area contributed by atoms with Gasteiger partial charge in [0.05, 0.1) is 23.9 Å². The number of hydrogen-bond donors (Lipinski definition) is 2. The van der Waals surface area contributed by atoms with E-state index in [1.54, 1.807) is 13.3 Å². The van der Waals surface area contributed by atoms with E-state index in [1.807, 2.05) is 24.3 Å². The summed E-state index contributed by atoms with van der Waals surface area (Å²) in [6.07, 6.45) is 1.61. The van der Waals surface area contributed by atoms with Crippen molar-refractivity contribution in [2.75, 3.05) is 12.5 Å². The van der Waals surface area contributed by atoms with Gasteiger partial charge in [-0.05, 0) is 42.0 Å². The van der Waals surface area contributed by atoms with E-state index < -0.39 is 10.1 Å². The zero-order valence-corrected chi connectivity index (χ0v) is 12.0. The quantitative estimate of drug-likeness (QED) is 0.503. The lowest BCUT2D eigenvalue weighted by Crippen LogP contribution is -1.98. The number of rotatable bonds is 5. The van der Waals surface area contributed by atoms with Crippen LogP contribution in [0.5, 0.6) is 5.75 Å². The van der Waals surface area contributed by atoms with E-state index in [0.717, 1.165) is 11.3 Å². The summed E-state index contributed by atoms with van der Waals surface area (Å²) in [6, 6.07) is 13.0. The van der Waals surface area contributed by atoms with Gasteiger partial charge in [-0.25, -0.2) is 0 Å². The van der Waals surface area contributed by atoms with Gasteiger partial charge in [-0.3, -0.25) is 9.98 Å². The van der Waals surface area contributed by atoms with Gasteiger partial charge in [0.2, 0.25) is 0 Å². The number of nitrogens with one attached hydrogen (secondary N) is 1. The Hall–Kier alpha value is -2.38. The Balaban J connectivity index is 2.04. The minimum Gasteiger partial charge on any atom is -0.497 e. The van der Waals surface area contributed by atoms with Gasteiger partial charge in [0.25, 0.3) is 10.1 Å². The molecule has 0 saturated carbocycles. The highest BCUT2D eigenvalue weighted by molar-refractivity contribution is 7.85. The van der Waals surface area contributed by atoms with Crippen LogP contribution in [0.2, 0.25) is 0 Å². The molecule has 0 bridgehead atoms. The summed E-state index contributed by atoms with van der Waals surface area (Å²) in [6.45, 7) is 0. The van der Waals surface area contributed by atoms with Crippen molar-refractivity contribution in [3.63, 3.8) is 0 Å². The van der Waals surface area contributed by atoms with Crippen molar-refractivity contribution in [3.05, 3.63) is 54.1 Å². The molecule has 21 heavy (non-hydrogen) atoms. The van der Waals surface area contributed by atoms with Gasteiger partial charge in [0.15, 0.2) is 0 Å². The van der Waals surface area contributed by atoms with E-state index >= 15 is 0 Å². The smallest absolute Gasteiger partial charge is 0.294 e. The van der Waals surface area contributed by atoms with Gasteiger partial charge in [-0.2, -0.15) is 13.5 Å². The SMILES string of the molecule is COc1cccc(/C=N/Nc2ccc(S(=O)(=O)O)cc2)c1. The summed E-state index contributed by atoms with van der Waals surface area (Å²) in [5.41, 5.74) is 4.22. The van der Waals surface area contributed by atoms with E-state index in [4.69, 9.17) is 9.29 Å². The summed E-state index contributed by atoms with van der Waals surface area (Å²) < 4.78 is 35.8. The molecule has 110 valence electrons. The summed E-state index contributed by atoms with van der Waals surface area (Å²) in [4.78, 5) is -0.162. The molecule has 0 atom stereocenters. The van der Waals surface area contributed by atoms with Gasteiger partial charge in [-0.15, -0.1) is 0 Å². The number of hydrogen-bond acceptors (Lipinski definition) is 5. The zero-order valence-electron chi connectivity index (χ0n) is 11.2. The molecular formula is C14H14N2O4S. The standard InChI is InChI=1S/C14H14N2O4S/c1-20-13-4-2-3-11(9-13)10-15-16-12-5-7-14(8-6-12)21(17,18)19/h2-10,16H,1H3,(H,17,18,19)/b15-10+. The van der Waals surface area contributed by atoms with Crippen molar-refractivity contribution >= 4 is 22.0 Å². The van der Waals surface area contributed by atoms with Crippen molar-refractivity contribution in [2.24, 2.45) is 5.10 Å². The molecule has 0 amide bonds. The number of anilines is 1. The highest BCUT2D eigenvalue weighted by Crippen LogP contribution is 2.14. The lowest BCUT2D eigenvalue weighted by Gasteiger charge is -2.02. The highest BCUT2D eigenvalue weighted by atomic mass is 32.2. The van der Waals surface area contributed by atoms with Crippen molar-refractivity contribution < 1.29 is 17.7 Å². The molecule has 0 aliphatic rings. The van der Waals surface area contributed by atoms with Gasteiger partial charge in [0, 0.05) is 0 Å². The van der Waals surface area contributed by atoms with Crippen molar-refractivity contribution in [3.8, 4) is 5.75 Å². The highest BCUT2D eigenvalue weighted by Gasteiger charge is 2.07. The second kappa shape index (κ2) is 6.38. The maximum absolute atomic E-state index is 10.9. The first kappa shape index (κ1) is 15.0. The first-order valence-electron chi connectivity index (χ1n) is 6.00. The lowest BCUT2D eigenvalue weighted by atomic mass is 10.2. The second-order valence-electron chi connectivity index (χ2n) is 4.15. The van der Waals surface area contributed by atoms with Gasteiger partial charge in [-0.1, -0.05) is 12.1 Å². The van der Waals surface area contributed by atoms with E-state index in [1.165, 1.54) is 24.3 Å². The maximum atomic E-state index is 10.9. The average molecular weight is 306 g/mol. The van der Waals surface area contributed by atoms with Crippen LogP contribution >= 0.6 is 0 Å². The molecule has 0 heterocycles. The Kier molecular flexibility index (Phi) is 4.56. The molecule has 0 fully saturated rings. The van der Waals surface area contributed by atoms with Gasteiger partial charge in [0.1, 0.15) is 5.75 Å². The molecule has 0 radical (unpaired) electrons. The molecule has 0 aromatic heterocycles. The Labute approximate surface area is 122 Å². The predicted octanol–water partition coefficient (Wildman–Crippen LogP) is 2.39. The van der Waals surface area contributed by atoms with Crippen molar-refractivity contribution in [2.45, 2.75) is 4.90 Å². The Morgan fingerprint density at radius 3 is 2.52 bits per heavy atom. The number of ether oxygens (including phenoxy) is 1. The van der Waals surface area contributed by atoms with Crippen LogP contribution in [0.3, 0.4) is 0 Å². The van der Waals surface area contributed by atoms with Crippen molar-refractivity contribution in [1.29, 1.82) is 0 Å². The Morgan fingerprint density at radius 1 is 1.19 bits per heavy atom. The fraction of sp³-hybridized carbons (Fsp3) is 0.0714. The maximum Gasteiger partial charge on any atom is 0.294 e. The zero-order chi connectivity index (χ0) is 15.3.